The van der Waals surface area contributed by atoms with Gasteiger partial charge in [-0.2, -0.15) is 0 Å². The zero-order chi connectivity index (χ0) is 34.1. The summed E-state index contributed by atoms with van der Waals surface area (Å²) in [6, 6.07) is 4.55. The van der Waals surface area contributed by atoms with E-state index in [4.69, 9.17) is 4.74 Å². The third-order valence-corrected chi connectivity index (χ3v) is 9.38. The second-order valence-corrected chi connectivity index (χ2v) is 13.2. The molecule has 13 heteroatoms. The maximum Gasteiger partial charge on any atom is 0.410 e. The van der Waals surface area contributed by atoms with Crippen LogP contribution < -0.4 is 16.0 Å². The van der Waals surface area contributed by atoms with Crippen LogP contribution in [0.5, 0.6) is 0 Å². The molecule has 0 unspecified atom stereocenters. The van der Waals surface area contributed by atoms with Crippen molar-refractivity contribution >= 4 is 36.1 Å². The molecule has 4 N–H and O–H groups in total. The summed E-state index contributed by atoms with van der Waals surface area (Å²) < 4.78 is 5.77. The molecular formula is C34H50N6O7. The Balaban J connectivity index is 1.44. The molecule has 0 bridgehead atoms. The number of carboxylic acid groups (broad SMARTS) is 1. The van der Waals surface area contributed by atoms with E-state index in [9.17, 15) is 29.1 Å². The number of carbonyl (C=O) groups excluding carboxylic acids is 4. The van der Waals surface area contributed by atoms with E-state index in [1.807, 2.05) is 31.2 Å². The molecule has 5 amide bonds. The summed E-state index contributed by atoms with van der Waals surface area (Å²) in [6.45, 7) is 5.80. The van der Waals surface area contributed by atoms with Crippen molar-refractivity contribution in [2.24, 2.45) is 4.99 Å². The number of aryl methyl sites for hydroxylation is 1. The van der Waals surface area contributed by atoms with E-state index in [-0.39, 0.29) is 25.4 Å². The molecule has 3 fully saturated rings. The average Bonchev–Trinajstić information content (AvgIpc) is 3.31. The minimum Gasteiger partial charge on any atom is -0.479 e. The lowest BCUT2D eigenvalue weighted by molar-refractivity contribution is -0.145. The first-order valence-corrected chi connectivity index (χ1v) is 16.9. The van der Waals surface area contributed by atoms with Crippen molar-refractivity contribution in [2.45, 2.75) is 127 Å². The summed E-state index contributed by atoms with van der Waals surface area (Å²) >= 11 is 0. The van der Waals surface area contributed by atoms with Gasteiger partial charge in [0.1, 0.15) is 18.2 Å². The Hall–Kier alpha value is -4.16. The van der Waals surface area contributed by atoms with Gasteiger partial charge < -0.3 is 35.6 Å². The number of carbonyl (C=O) groups is 5. The highest BCUT2D eigenvalue weighted by molar-refractivity contribution is 5.96. The number of unbranched alkanes of at least 4 members (excludes halogenated alkanes) is 3. The number of hydrogen-bond donors (Lipinski definition) is 4. The SMILES string of the molecule is CCCCC/C=N\[C@@H]1C[C@]1(NC(=O)[C@@H]1C[C@@H](OC(=O)N(C)Cc2ccccc2C)CN1C(=O)[C@H](C)NC(=O)NC1CCCC1)C(=O)O. The van der Waals surface area contributed by atoms with Crippen LogP contribution in [0.2, 0.25) is 0 Å². The van der Waals surface area contributed by atoms with Crippen molar-refractivity contribution in [3.63, 3.8) is 0 Å². The number of nitrogens with one attached hydrogen (secondary N) is 3. The highest BCUT2D eigenvalue weighted by Crippen LogP contribution is 2.40. The Morgan fingerprint density at radius 1 is 1.17 bits per heavy atom. The van der Waals surface area contributed by atoms with E-state index >= 15 is 0 Å². The fraction of sp³-hybridized carbons (Fsp3) is 0.647. The number of aliphatic carboxylic acids is 1. The van der Waals surface area contributed by atoms with Crippen LogP contribution in [0.3, 0.4) is 0 Å². The number of nitrogens with zero attached hydrogens (tertiary/aromatic N) is 3. The highest BCUT2D eigenvalue weighted by Gasteiger charge is 2.63. The van der Waals surface area contributed by atoms with Gasteiger partial charge in [-0.25, -0.2) is 14.4 Å². The lowest BCUT2D eigenvalue weighted by Crippen LogP contribution is -2.57. The Morgan fingerprint density at radius 2 is 1.89 bits per heavy atom. The topological polar surface area (TPSA) is 170 Å². The minimum atomic E-state index is -1.57. The molecule has 4 rings (SSSR count). The maximum atomic E-state index is 13.7. The first-order valence-electron chi connectivity index (χ1n) is 16.9. The molecule has 1 aliphatic heterocycles. The van der Waals surface area contributed by atoms with Gasteiger partial charge in [0.05, 0.1) is 12.6 Å². The number of aliphatic imine (C=N–C) groups is 1. The van der Waals surface area contributed by atoms with Crippen LogP contribution in [0, 0.1) is 6.92 Å². The van der Waals surface area contributed by atoms with Crippen molar-refractivity contribution in [1.82, 2.24) is 25.8 Å². The van der Waals surface area contributed by atoms with Crippen molar-refractivity contribution in [1.29, 1.82) is 0 Å². The van der Waals surface area contributed by atoms with Crippen molar-refractivity contribution in [3.05, 3.63) is 35.4 Å². The van der Waals surface area contributed by atoms with Gasteiger partial charge in [-0.3, -0.25) is 14.6 Å². The maximum absolute atomic E-state index is 13.7. The predicted octanol–water partition coefficient (Wildman–Crippen LogP) is 3.53. The quantitative estimate of drug-likeness (QED) is 0.176. The monoisotopic (exact) mass is 654 g/mol. The summed E-state index contributed by atoms with van der Waals surface area (Å²) in [7, 11) is 1.61. The van der Waals surface area contributed by atoms with Crippen LogP contribution in [0.1, 0.15) is 89.2 Å². The Bertz CT molecular complexity index is 1330. The molecule has 0 aromatic heterocycles. The highest BCUT2D eigenvalue weighted by atomic mass is 16.6. The van der Waals surface area contributed by atoms with Gasteiger partial charge in [-0.05, 0) is 56.9 Å². The Morgan fingerprint density at radius 3 is 2.57 bits per heavy atom. The zero-order valence-corrected chi connectivity index (χ0v) is 28.0. The molecule has 1 aromatic rings. The van der Waals surface area contributed by atoms with Crippen LogP contribution in [0.25, 0.3) is 0 Å². The third-order valence-electron chi connectivity index (χ3n) is 9.38. The molecule has 1 saturated heterocycles. The van der Waals surface area contributed by atoms with Crippen LogP contribution in [0.4, 0.5) is 9.59 Å². The fourth-order valence-corrected chi connectivity index (χ4v) is 6.35. The van der Waals surface area contributed by atoms with Gasteiger partial charge in [0.15, 0.2) is 5.54 Å². The van der Waals surface area contributed by atoms with Crippen LogP contribution in [-0.4, -0.2) is 100 Å². The van der Waals surface area contributed by atoms with E-state index in [2.05, 4.69) is 27.9 Å². The van der Waals surface area contributed by atoms with E-state index in [0.29, 0.717) is 6.54 Å². The molecular weight excluding hydrogens is 604 g/mol. The van der Waals surface area contributed by atoms with Crippen LogP contribution in [0.15, 0.2) is 29.3 Å². The third kappa shape index (κ3) is 9.23. The second kappa shape index (κ2) is 16.1. The average molecular weight is 655 g/mol. The zero-order valence-electron chi connectivity index (χ0n) is 28.0. The number of amides is 5. The van der Waals surface area contributed by atoms with E-state index in [0.717, 1.165) is 62.5 Å². The second-order valence-electron chi connectivity index (χ2n) is 13.2. The summed E-state index contributed by atoms with van der Waals surface area (Å²) in [5.41, 5.74) is 0.408. The van der Waals surface area contributed by atoms with Crippen molar-refractivity contribution < 1.29 is 33.8 Å². The Kier molecular flexibility index (Phi) is 12.2. The smallest absolute Gasteiger partial charge is 0.410 e. The number of rotatable bonds is 14. The fourth-order valence-electron chi connectivity index (χ4n) is 6.35. The Labute approximate surface area is 276 Å². The molecule has 1 heterocycles. The molecule has 0 spiro atoms. The number of carboxylic acids is 1. The summed E-state index contributed by atoms with van der Waals surface area (Å²) in [5.74, 6) is -2.40. The lowest BCUT2D eigenvalue weighted by Gasteiger charge is -2.28. The van der Waals surface area contributed by atoms with E-state index in [1.54, 1.807) is 13.3 Å². The molecule has 0 radical (unpaired) electrons. The predicted molar refractivity (Wildman–Crippen MR) is 176 cm³/mol. The van der Waals surface area contributed by atoms with Crippen molar-refractivity contribution in [3.8, 4) is 0 Å². The van der Waals surface area contributed by atoms with Crippen LogP contribution in [-0.2, 0) is 25.7 Å². The van der Waals surface area contributed by atoms with Gasteiger partial charge in [0, 0.05) is 32.5 Å². The largest absolute Gasteiger partial charge is 0.479 e. The van der Waals surface area contributed by atoms with Crippen LogP contribution >= 0.6 is 0 Å². The molecule has 258 valence electrons. The first-order chi connectivity index (χ1) is 22.4. The molecule has 5 atom stereocenters. The molecule has 3 aliphatic rings. The van der Waals surface area contributed by atoms with Gasteiger partial charge in [0.2, 0.25) is 11.8 Å². The number of likely N-dealkylation sites (tertiary alicyclic amines) is 1. The van der Waals surface area contributed by atoms with Gasteiger partial charge in [-0.15, -0.1) is 0 Å². The number of urea groups is 1. The number of ether oxygens (including phenoxy) is 1. The first kappa shape index (κ1) is 35.7. The minimum absolute atomic E-state index is 0.0246. The standard InChI is InChI=1S/C34H50N6O7/c1-5-6-7-12-17-35-28-19-34(28,31(43)44)38-29(41)27-18-26(47-33(46)39(4)20-24-14-9-8-13-22(24)2)21-40(27)30(42)23(3)36-32(45)37-25-15-10-11-16-25/h8-9,13-14,17,23,25-28H,5-7,10-12,15-16,18-21H2,1-4H3,(H,38,41)(H,43,44)(H2,36,37,45)/b35-17-/t23-,26+,27-,28+,34+/m0/s1. The van der Waals surface area contributed by atoms with Crippen molar-refractivity contribution in [2.75, 3.05) is 13.6 Å². The molecule has 2 aliphatic carbocycles. The summed E-state index contributed by atoms with van der Waals surface area (Å²) in [4.78, 5) is 72.6. The van der Waals surface area contributed by atoms with Gasteiger partial charge in [-0.1, -0.05) is 56.9 Å². The summed E-state index contributed by atoms with van der Waals surface area (Å²) in [5, 5.41) is 18.3. The normalized spacial score (nSPS) is 24.5. The van der Waals surface area contributed by atoms with E-state index in [1.165, 1.54) is 16.7 Å². The van der Waals surface area contributed by atoms with Gasteiger partial charge in [0.25, 0.3) is 0 Å². The lowest BCUT2D eigenvalue weighted by atomic mass is 10.1. The molecule has 47 heavy (non-hydrogen) atoms. The molecule has 1 aromatic carbocycles. The molecule has 2 saturated carbocycles. The summed E-state index contributed by atoms with van der Waals surface area (Å²) in [6.07, 6.45) is 8.00. The molecule has 13 nitrogen and oxygen atoms in total. The van der Waals surface area contributed by atoms with Gasteiger partial charge >= 0.3 is 18.1 Å². The number of hydrogen-bond acceptors (Lipinski definition) is 7. The van der Waals surface area contributed by atoms with E-state index < -0.39 is 59.7 Å². The number of benzene rings is 1.